The first-order valence-electron chi connectivity index (χ1n) is 5.67. The van der Waals surface area contributed by atoms with Crippen LogP contribution in [-0.4, -0.2) is 22.6 Å². The summed E-state index contributed by atoms with van der Waals surface area (Å²) in [5, 5.41) is 9.33. The number of halogens is 1. The number of carbonyl (C=O) groups is 3. The van der Waals surface area contributed by atoms with Gasteiger partial charge in [-0.3, -0.25) is 9.59 Å². The van der Waals surface area contributed by atoms with Crippen molar-refractivity contribution in [2.75, 3.05) is 0 Å². The predicted octanol–water partition coefficient (Wildman–Crippen LogP) is 3.10. The van der Waals surface area contributed by atoms with Crippen LogP contribution in [0.1, 0.15) is 31.1 Å². The first-order valence-corrected chi connectivity index (χ1v) is 6.05. The van der Waals surface area contributed by atoms with Crippen LogP contribution in [0.2, 0.25) is 5.02 Å². The quantitative estimate of drug-likeness (QED) is 0.693. The molecule has 0 aliphatic carbocycles. The molecule has 2 aromatic rings. The maximum atomic E-state index is 12.0. The van der Waals surface area contributed by atoms with Gasteiger partial charge in [0.1, 0.15) is 0 Å². The third kappa shape index (κ3) is 2.92. The lowest BCUT2D eigenvalue weighted by Gasteiger charge is -2.02. The molecule has 2 rings (SSSR count). The summed E-state index contributed by atoms with van der Waals surface area (Å²) < 4.78 is 0. The lowest BCUT2D eigenvalue weighted by Crippen LogP contribution is -2.15. The molecule has 0 atom stereocenters. The van der Waals surface area contributed by atoms with E-state index in [0.29, 0.717) is 5.02 Å². The number of hydrogen-bond acceptors (Lipinski definition) is 3. The predicted molar refractivity (Wildman–Crippen MR) is 73.5 cm³/mol. The highest BCUT2D eigenvalue weighted by Crippen LogP contribution is 2.13. The van der Waals surface area contributed by atoms with E-state index in [1.807, 2.05) is 0 Å². The van der Waals surface area contributed by atoms with Gasteiger partial charge >= 0.3 is 5.97 Å². The minimum Gasteiger partial charge on any atom is -0.478 e. The zero-order valence-electron chi connectivity index (χ0n) is 10.2. The molecule has 0 bridgehead atoms. The topological polar surface area (TPSA) is 71.4 Å². The molecule has 0 saturated carbocycles. The Labute approximate surface area is 119 Å². The van der Waals surface area contributed by atoms with Gasteiger partial charge in [0.2, 0.25) is 11.6 Å². The average Bonchev–Trinajstić information content (AvgIpc) is 2.46. The van der Waals surface area contributed by atoms with Crippen molar-refractivity contribution in [1.29, 1.82) is 0 Å². The number of ketones is 2. The maximum absolute atomic E-state index is 12.0. The molecule has 0 heterocycles. The van der Waals surface area contributed by atoms with Crippen molar-refractivity contribution in [3.05, 3.63) is 70.2 Å². The molecule has 0 radical (unpaired) electrons. The highest BCUT2D eigenvalue weighted by molar-refractivity contribution is 6.49. The van der Waals surface area contributed by atoms with E-state index >= 15 is 0 Å². The molecule has 20 heavy (non-hydrogen) atoms. The Bertz CT molecular complexity index is 689. The van der Waals surface area contributed by atoms with Gasteiger partial charge in [-0.05, 0) is 36.4 Å². The molecule has 2 aromatic carbocycles. The smallest absolute Gasteiger partial charge is 0.335 e. The van der Waals surface area contributed by atoms with Crippen LogP contribution >= 0.6 is 11.6 Å². The minimum absolute atomic E-state index is 0.0419. The number of hydrogen-bond donors (Lipinski definition) is 1. The number of aromatic carboxylic acids is 1. The van der Waals surface area contributed by atoms with Crippen molar-refractivity contribution in [3.8, 4) is 0 Å². The molecule has 0 amide bonds. The van der Waals surface area contributed by atoms with Crippen LogP contribution in [0.15, 0.2) is 48.5 Å². The molecular weight excluding hydrogens is 280 g/mol. The van der Waals surface area contributed by atoms with Crippen LogP contribution in [0, 0.1) is 0 Å². The molecule has 0 spiro atoms. The van der Waals surface area contributed by atoms with E-state index in [1.54, 1.807) is 0 Å². The zero-order chi connectivity index (χ0) is 14.7. The number of carboxylic acids is 1. The molecule has 1 N–H and O–H groups in total. The second kappa shape index (κ2) is 5.67. The van der Waals surface area contributed by atoms with Gasteiger partial charge in [-0.25, -0.2) is 4.79 Å². The second-order valence-electron chi connectivity index (χ2n) is 4.05. The molecule has 100 valence electrons. The van der Waals surface area contributed by atoms with Crippen LogP contribution in [0.25, 0.3) is 0 Å². The molecule has 4 nitrogen and oxygen atoms in total. The Morgan fingerprint density at radius 2 is 1.35 bits per heavy atom. The van der Waals surface area contributed by atoms with Crippen molar-refractivity contribution in [2.24, 2.45) is 0 Å². The number of Topliss-reactive ketones (excluding diaryl/α,β-unsaturated/α-hetero) is 2. The van der Waals surface area contributed by atoms with Gasteiger partial charge in [0.05, 0.1) is 5.56 Å². The van der Waals surface area contributed by atoms with Crippen LogP contribution < -0.4 is 0 Å². The van der Waals surface area contributed by atoms with Crippen LogP contribution in [0.4, 0.5) is 0 Å². The van der Waals surface area contributed by atoms with Crippen molar-refractivity contribution < 1.29 is 19.5 Å². The fraction of sp³-hybridized carbons (Fsp3) is 0. The van der Waals surface area contributed by atoms with Gasteiger partial charge in [-0.1, -0.05) is 23.7 Å². The lowest BCUT2D eigenvalue weighted by atomic mass is 10.00. The van der Waals surface area contributed by atoms with Gasteiger partial charge in [-0.2, -0.15) is 0 Å². The molecule has 0 unspecified atom stereocenters. The third-order valence-corrected chi connectivity index (χ3v) is 2.94. The molecule has 0 aliphatic rings. The summed E-state index contributed by atoms with van der Waals surface area (Å²) >= 11 is 5.71. The number of carboxylic acid groups (broad SMARTS) is 1. The SMILES string of the molecule is O=C(O)c1cccc(C(=O)C(=O)c2ccc(Cl)cc2)c1. The van der Waals surface area contributed by atoms with E-state index in [9.17, 15) is 14.4 Å². The summed E-state index contributed by atoms with van der Waals surface area (Å²) in [5.41, 5.74) is 0.213. The van der Waals surface area contributed by atoms with Crippen LogP contribution in [0.5, 0.6) is 0 Å². The molecule has 0 aliphatic heterocycles. The number of rotatable bonds is 4. The van der Waals surface area contributed by atoms with Crippen molar-refractivity contribution in [3.63, 3.8) is 0 Å². The molecule has 0 saturated heterocycles. The number of carbonyl (C=O) groups excluding carboxylic acids is 2. The van der Waals surface area contributed by atoms with E-state index in [1.165, 1.54) is 48.5 Å². The van der Waals surface area contributed by atoms with E-state index in [4.69, 9.17) is 16.7 Å². The summed E-state index contributed by atoms with van der Waals surface area (Å²) in [5.74, 6) is -2.61. The maximum Gasteiger partial charge on any atom is 0.335 e. The third-order valence-electron chi connectivity index (χ3n) is 2.68. The summed E-state index contributed by atoms with van der Waals surface area (Å²) in [6, 6.07) is 11.3. The summed E-state index contributed by atoms with van der Waals surface area (Å²) in [6.45, 7) is 0. The Hall–Kier alpha value is -2.46. The first-order chi connectivity index (χ1) is 9.49. The Balaban J connectivity index is 2.31. The van der Waals surface area contributed by atoms with E-state index in [-0.39, 0.29) is 16.7 Å². The number of benzene rings is 2. The van der Waals surface area contributed by atoms with Crippen LogP contribution in [0.3, 0.4) is 0 Å². The fourth-order valence-electron chi connectivity index (χ4n) is 1.66. The Kier molecular flexibility index (Phi) is 3.96. The van der Waals surface area contributed by atoms with Gasteiger partial charge in [0, 0.05) is 16.1 Å². The van der Waals surface area contributed by atoms with Crippen molar-refractivity contribution in [1.82, 2.24) is 0 Å². The monoisotopic (exact) mass is 288 g/mol. The van der Waals surface area contributed by atoms with E-state index in [0.717, 1.165) is 0 Å². The first kappa shape index (κ1) is 14.0. The van der Waals surface area contributed by atoms with Gasteiger partial charge in [-0.15, -0.1) is 0 Å². The van der Waals surface area contributed by atoms with Gasteiger partial charge in [0.25, 0.3) is 0 Å². The van der Waals surface area contributed by atoms with Gasteiger partial charge < -0.3 is 5.11 Å². The Morgan fingerprint density at radius 3 is 1.95 bits per heavy atom. The molecule has 5 heteroatoms. The van der Waals surface area contributed by atoms with Crippen molar-refractivity contribution in [2.45, 2.75) is 0 Å². The fourth-order valence-corrected chi connectivity index (χ4v) is 1.78. The average molecular weight is 289 g/mol. The summed E-state index contributed by atoms with van der Waals surface area (Å²) in [6.07, 6.45) is 0. The Morgan fingerprint density at radius 1 is 0.800 bits per heavy atom. The normalized spacial score (nSPS) is 10.1. The molecular formula is C15H9ClO4. The summed E-state index contributed by atoms with van der Waals surface area (Å²) in [4.78, 5) is 34.9. The lowest BCUT2D eigenvalue weighted by molar-refractivity contribution is 0.0696. The van der Waals surface area contributed by atoms with Gasteiger partial charge in [0.15, 0.2) is 0 Å². The largest absolute Gasteiger partial charge is 0.478 e. The standard InChI is InChI=1S/C15H9ClO4/c16-12-6-4-9(5-7-12)13(17)14(18)10-2-1-3-11(8-10)15(19)20/h1-8H,(H,19,20). The van der Waals surface area contributed by atoms with Crippen molar-refractivity contribution >= 4 is 29.1 Å². The van der Waals surface area contributed by atoms with Crippen LogP contribution in [-0.2, 0) is 0 Å². The highest BCUT2D eigenvalue weighted by atomic mass is 35.5. The highest BCUT2D eigenvalue weighted by Gasteiger charge is 2.19. The minimum atomic E-state index is -1.15. The van der Waals surface area contributed by atoms with E-state index in [2.05, 4.69) is 0 Å². The second-order valence-corrected chi connectivity index (χ2v) is 4.49. The van der Waals surface area contributed by atoms with E-state index < -0.39 is 17.5 Å². The molecule has 0 fully saturated rings. The zero-order valence-corrected chi connectivity index (χ0v) is 10.9. The summed E-state index contributed by atoms with van der Waals surface area (Å²) in [7, 11) is 0. The molecule has 0 aromatic heterocycles.